The molecule has 1 aliphatic heterocycles. The van der Waals surface area contributed by atoms with E-state index in [1.165, 1.54) is 11.1 Å². The summed E-state index contributed by atoms with van der Waals surface area (Å²) in [5, 5.41) is 7.07. The lowest BCUT2D eigenvalue weighted by Gasteiger charge is -2.32. The molecule has 0 radical (unpaired) electrons. The van der Waals surface area contributed by atoms with Crippen LogP contribution in [0, 0.1) is 0 Å². The van der Waals surface area contributed by atoms with Gasteiger partial charge in [0.15, 0.2) is 5.96 Å². The molecule has 1 aliphatic rings. The number of likely N-dealkylation sites (tertiary alicyclic amines) is 1. The van der Waals surface area contributed by atoms with E-state index >= 15 is 0 Å². The molecule has 0 aliphatic carbocycles. The number of hydrogen-bond donors (Lipinski definition) is 2. The van der Waals surface area contributed by atoms with Crippen molar-refractivity contribution < 1.29 is 9.15 Å². The monoisotopic (exact) mass is 569 g/mol. The number of nitrogens with zero attached hydrogens (tertiary/aromatic N) is 3. The van der Waals surface area contributed by atoms with Crippen LogP contribution in [-0.4, -0.2) is 68.7 Å². The molecule has 0 atom stereocenters. The van der Waals surface area contributed by atoms with Gasteiger partial charge in [-0.15, -0.1) is 24.0 Å². The number of aliphatic imine (C=N–C) groups is 1. The van der Waals surface area contributed by atoms with Crippen LogP contribution in [0.1, 0.15) is 36.7 Å². The van der Waals surface area contributed by atoms with E-state index in [0.717, 1.165) is 70.4 Å². The first kappa shape index (κ1) is 27.6. The molecule has 1 aromatic heterocycles. The molecule has 1 saturated heterocycles. The van der Waals surface area contributed by atoms with Crippen molar-refractivity contribution in [1.82, 2.24) is 20.4 Å². The highest BCUT2D eigenvalue weighted by Gasteiger charge is 2.19. The van der Waals surface area contributed by atoms with Crippen molar-refractivity contribution in [2.24, 2.45) is 4.99 Å². The molecule has 0 bridgehead atoms. The zero-order valence-electron chi connectivity index (χ0n) is 20.3. The molecule has 3 rings (SSSR count). The SMILES string of the molecule is CCNC(=NCc1ccccc1CN(C)Cc1ccco1)NC1CCN(CCOC)CC1.I. The fourth-order valence-electron chi connectivity index (χ4n) is 4.08. The van der Waals surface area contributed by atoms with Crippen LogP contribution in [0.3, 0.4) is 0 Å². The minimum atomic E-state index is 0. The number of guanidine groups is 1. The Balaban J connectivity index is 0.00000385. The van der Waals surface area contributed by atoms with Gasteiger partial charge in [0.05, 0.1) is 26.0 Å². The van der Waals surface area contributed by atoms with Crippen LogP contribution in [-0.2, 0) is 24.4 Å². The van der Waals surface area contributed by atoms with Gasteiger partial charge in [-0.2, -0.15) is 0 Å². The van der Waals surface area contributed by atoms with Crippen LogP contribution >= 0.6 is 24.0 Å². The second-order valence-corrected chi connectivity index (χ2v) is 8.47. The first-order chi connectivity index (χ1) is 15.7. The molecule has 0 unspecified atom stereocenters. The van der Waals surface area contributed by atoms with Gasteiger partial charge in [-0.25, -0.2) is 4.99 Å². The minimum Gasteiger partial charge on any atom is -0.468 e. The first-order valence-corrected chi connectivity index (χ1v) is 11.7. The highest BCUT2D eigenvalue weighted by molar-refractivity contribution is 14.0. The van der Waals surface area contributed by atoms with Crippen molar-refractivity contribution in [3.8, 4) is 0 Å². The van der Waals surface area contributed by atoms with Crippen molar-refractivity contribution >= 4 is 29.9 Å². The van der Waals surface area contributed by atoms with Crippen LogP contribution in [0.25, 0.3) is 0 Å². The minimum absolute atomic E-state index is 0. The van der Waals surface area contributed by atoms with Crippen LogP contribution in [0.4, 0.5) is 0 Å². The summed E-state index contributed by atoms with van der Waals surface area (Å²) in [5.41, 5.74) is 2.55. The zero-order valence-corrected chi connectivity index (χ0v) is 22.6. The zero-order chi connectivity index (χ0) is 22.6. The number of ether oxygens (including phenoxy) is 1. The maximum absolute atomic E-state index is 5.49. The number of piperidine rings is 1. The molecule has 2 aromatic rings. The Morgan fingerprint density at radius 3 is 2.58 bits per heavy atom. The Kier molecular flexibility index (Phi) is 12.8. The number of halogens is 1. The summed E-state index contributed by atoms with van der Waals surface area (Å²) in [4.78, 5) is 9.65. The normalized spacial score (nSPS) is 15.5. The van der Waals surface area contributed by atoms with Crippen molar-refractivity contribution in [3.63, 3.8) is 0 Å². The van der Waals surface area contributed by atoms with Gasteiger partial charge >= 0.3 is 0 Å². The standard InChI is InChI=1S/C25H39N5O2.HI/c1-4-26-25(28-23-11-13-30(14-12-23)15-17-31-3)27-18-21-8-5-6-9-22(21)19-29(2)20-24-10-7-16-32-24;/h5-10,16,23H,4,11-15,17-20H2,1-3H3,(H2,26,27,28);1H. The van der Waals surface area contributed by atoms with E-state index < -0.39 is 0 Å². The van der Waals surface area contributed by atoms with E-state index in [-0.39, 0.29) is 24.0 Å². The smallest absolute Gasteiger partial charge is 0.191 e. The van der Waals surface area contributed by atoms with Gasteiger partial charge in [0.25, 0.3) is 0 Å². The quantitative estimate of drug-likeness (QED) is 0.245. The number of rotatable bonds is 11. The highest BCUT2D eigenvalue weighted by atomic mass is 127. The molecule has 2 N–H and O–H groups in total. The Labute approximate surface area is 216 Å². The molecule has 1 aromatic carbocycles. The number of furan rings is 1. The Bertz CT molecular complexity index is 807. The molecule has 1 fully saturated rings. The van der Waals surface area contributed by atoms with Gasteiger partial charge in [-0.3, -0.25) is 4.90 Å². The third-order valence-corrected chi connectivity index (χ3v) is 5.86. The van der Waals surface area contributed by atoms with Gasteiger partial charge in [-0.1, -0.05) is 24.3 Å². The molecular formula is C25H40IN5O2. The first-order valence-electron chi connectivity index (χ1n) is 11.7. The van der Waals surface area contributed by atoms with E-state index in [2.05, 4.69) is 58.7 Å². The van der Waals surface area contributed by atoms with Crippen molar-refractivity contribution in [1.29, 1.82) is 0 Å². The molecule has 33 heavy (non-hydrogen) atoms. The van der Waals surface area contributed by atoms with E-state index in [4.69, 9.17) is 14.1 Å². The fourth-order valence-corrected chi connectivity index (χ4v) is 4.08. The lowest BCUT2D eigenvalue weighted by atomic mass is 10.1. The summed E-state index contributed by atoms with van der Waals surface area (Å²) >= 11 is 0. The van der Waals surface area contributed by atoms with E-state index in [0.29, 0.717) is 12.6 Å². The third kappa shape index (κ3) is 9.64. The number of nitrogens with one attached hydrogen (secondary N) is 2. The average Bonchev–Trinajstić information content (AvgIpc) is 3.31. The van der Waals surface area contributed by atoms with Crippen molar-refractivity contribution in [2.45, 2.75) is 45.4 Å². The van der Waals surface area contributed by atoms with Gasteiger partial charge in [0.1, 0.15) is 5.76 Å². The van der Waals surface area contributed by atoms with Crippen molar-refractivity contribution in [3.05, 3.63) is 59.5 Å². The Morgan fingerprint density at radius 2 is 1.91 bits per heavy atom. The predicted octanol–water partition coefficient (Wildman–Crippen LogP) is 3.70. The van der Waals surface area contributed by atoms with Crippen LogP contribution < -0.4 is 10.6 Å². The van der Waals surface area contributed by atoms with Crippen LogP contribution in [0.2, 0.25) is 0 Å². The summed E-state index contributed by atoms with van der Waals surface area (Å²) in [5.74, 6) is 1.89. The fraction of sp³-hybridized carbons (Fsp3) is 0.560. The maximum atomic E-state index is 5.49. The Morgan fingerprint density at radius 1 is 1.15 bits per heavy atom. The van der Waals surface area contributed by atoms with Crippen LogP contribution in [0.5, 0.6) is 0 Å². The summed E-state index contributed by atoms with van der Waals surface area (Å²) < 4.78 is 10.7. The molecule has 8 heteroatoms. The van der Waals surface area contributed by atoms with Gasteiger partial charge in [-0.05, 0) is 50.1 Å². The maximum Gasteiger partial charge on any atom is 0.191 e. The summed E-state index contributed by atoms with van der Waals surface area (Å²) in [6.07, 6.45) is 3.98. The lowest BCUT2D eigenvalue weighted by Crippen LogP contribution is -2.49. The van der Waals surface area contributed by atoms with Crippen LogP contribution in [0.15, 0.2) is 52.1 Å². The third-order valence-electron chi connectivity index (χ3n) is 5.86. The molecule has 0 amide bonds. The van der Waals surface area contributed by atoms with Gasteiger partial charge < -0.3 is 24.7 Å². The molecule has 2 heterocycles. The van der Waals surface area contributed by atoms with Crippen molar-refractivity contribution in [2.75, 3.05) is 46.9 Å². The molecule has 0 spiro atoms. The summed E-state index contributed by atoms with van der Waals surface area (Å²) in [7, 11) is 3.88. The Hall–Kier alpha value is -1.62. The average molecular weight is 570 g/mol. The van der Waals surface area contributed by atoms with E-state index in [1.54, 1.807) is 13.4 Å². The lowest BCUT2D eigenvalue weighted by molar-refractivity contribution is 0.128. The molecule has 7 nitrogen and oxygen atoms in total. The van der Waals surface area contributed by atoms with E-state index in [9.17, 15) is 0 Å². The van der Waals surface area contributed by atoms with E-state index in [1.807, 2.05) is 12.1 Å². The number of methoxy groups -OCH3 is 1. The van der Waals surface area contributed by atoms with Gasteiger partial charge in [0, 0.05) is 45.9 Å². The molecule has 0 saturated carbocycles. The number of hydrogen-bond acceptors (Lipinski definition) is 5. The molecular weight excluding hydrogens is 529 g/mol. The molecule has 184 valence electrons. The van der Waals surface area contributed by atoms with Gasteiger partial charge in [0.2, 0.25) is 0 Å². The number of benzene rings is 1. The summed E-state index contributed by atoms with van der Waals surface area (Å²) in [6.45, 7) is 9.30. The highest BCUT2D eigenvalue weighted by Crippen LogP contribution is 2.15. The second-order valence-electron chi connectivity index (χ2n) is 8.47. The predicted molar refractivity (Wildman–Crippen MR) is 145 cm³/mol. The topological polar surface area (TPSA) is 65.3 Å². The second kappa shape index (κ2) is 15.3. The summed E-state index contributed by atoms with van der Waals surface area (Å²) in [6, 6.07) is 13.0. The largest absolute Gasteiger partial charge is 0.468 e.